The monoisotopic (exact) mass is 356 g/mol. The van der Waals surface area contributed by atoms with Gasteiger partial charge in [-0.15, -0.1) is 0 Å². The molecule has 8 nitrogen and oxygen atoms in total. The average molecular weight is 356 g/mol. The fourth-order valence-corrected chi connectivity index (χ4v) is 3.12. The van der Waals surface area contributed by atoms with Crippen LogP contribution in [0.25, 0.3) is 22.7 Å². The molecule has 1 N–H and O–H groups in total. The minimum Gasteiger partial charge on any atom is -0.300 e. The van der Waals surface area contributed by atoms with Gasteiger partial charge in [0.25, 0.3) is 0 Å². The fourth-order valence-electron chi connectivity index (χ4n) is 3.12. The van der Waals surface area contributed by atoms with Crippen LogP contribution in [0.2, 0.25) is 0 Å². The Bertz CT molecular complexity index is 1210. The maximum atomic E-state index is 4.52. The van der Waals surface area contributed by atoms with Crippen molar-refractivity contribution < 1.29 is 0 Å². The molecule has 0 aliphatic carbocycles. The van der Waals surface area contributed by atoms with Gasteiger partial charge >= 0.3 is 0 Å². The smallest absolute Gasteiger partial charge is 0.165 e. The first-order valence-electron chi connectivity index (χ1n) is 8.57. The molecule has 0 saturated heterocycles. The summed E-state index contributed by atoms with van der Waals surface area (Å²) in [7, 11) is 0. The van der Waals surface area contributed by atoms with Gasteiger partial charge in [-0.05, 0) is 30.7 Å². The number of nitrogens with zero attached hydrogens (tertiary/aromatic N) is 7. The zero-order valence-corrected chi connectivity index (χ0v) is 14.6. The van der Waals surface area contributed by atoms with E-state index in [-0.39, 0.29) is 0 Å². The lowest BCUT2D eigenvalue weighted by atomic mass is 10.1. The number of nitrogens with one attached hydrogen (secondary N) is 1. The van der Waals surface area contributed by atoms with Crippen molar-refractivity contribution in [2.45, 2.75) is 13.3 Å². The SMILES string of the molecule is Cc1nc(Cc2ccc(-n3ccnc3-c3cnn4cccnc34)cc2)n[nH]1. The number of fused-ring (bicyclic) bond motifs is 1. The Morgan fingerprint density at radius 3 is 2.74 bits per heavy atom. The largest absolute Gasteiger partial charge is 0.300 e. The molecule has 0 amide bonds. The number of aryl methyl sites for hydroxylation is 1. The quantitative estimate of drug-likeness (QED) is 0.535. The molecule has 0 fully saturated rings. The van der Waals surface area contributed by atoms with Crippen molar-refractivity contribution in [3.63, 3.8) is 0 Å². The van der Waals surface area contributed by atoms with Crippen molar-refractivity contribution in [3.8, 4) is 17.1 Å². The minimum atomic E-state index is 0.694. The molecule has 0 unspecified atom stereocenters. The molecule has 0 spiro atoms. The number of aromatic nitrogens is 8. The van der Waals surface area contributed by atoms with E-state index in [0.29, 0.717) is 6.42 Å². The van der Waals surface area contributed by atoms with E-state index >= 15 is 0 Å². The number of hydrogen-bond acceptors (Lipinski definition) is 5. The Hall–Kier alpha value is -3.81. The van der Waals surface area contributed by atoms with Crippen molar-refractivity contribution in [2.75, 3.05) is 0 Å². The van der Waals surface area contributed by atoms with E-state index in [1.807, 2.05) is 30.0 Å². The van der Waals surface area contributed by atoms with E-state index in [0.717, 1.165) is 39.9 Å². The second kappa shape index (κ2) is 6.17. The van der Waals surface area contributed by atoms with Crippen molar-refractivity contribution in [3.05, 3.63) is 78.5 Å². The van der Waals surface area contributed by atoms with Gasteiger partial charge in [0.2, 0.25) is 0 Å². The van der Waals surface area contributed by atoms with Gasteiger partial charge < -0.3 is 0 Å². The van der Waals surface area contributed by atoms with Gasteiger partial charge in [0.15, 0.2) is 11.5 Å². The first-order valence-corrected chi connectivity index (χ1v) is 8.57. The second-order valence-corrected chi connectivity index (χ2v) is 6.25. The molecule has 132 valence electrons. The summed E-state index contributed by atoms with van der Waals surface area (Å²) in [6, 6.07) is 10.2. The van der Waals surface area contributed by atoms with Gasteiger partial charge in [0, 0.05) is 36.9 Å². The zero-order valence-electron chi connectivity index (χ0n) is 14.6. The lowest BCUT2D eigenvalue weighted by molar-refractivity contribution is 0.939. The van der Waals surface area contributed by atoms with Crippen LogP contribution in [-0.2, 0) is 6.42 Å². The number of hydrogen-bond donors (Lipinski definition) is 1. The topological polar surface area (TPSA) is 89.6 Å². The molecule has 0 aliphatic heterocycles. The van der Waals surface area contributed by atoms with Gasteiger partial charge in [0.1, 0.15) is 11.6 Å². The molecule has 0 aliphatic rings. The summed E-state index contributed by atoms with van der Waals surface area (Å²) >= 11 is 0. The van der Waals surface area contributed by atoms with Crippen LogP contribution in [0.5, 0.6) is 0 Å². The fraction of sp³-hybridized carbons (Fsp3) is 0.105. The summed E-state index contributed by atoms with van der Waals surface area (Å²) in [5.74, 6) is 2.42. The molecular formula is C19H16N8. The van der Waals surface area contributed by atoms with Crippen LogP contribution in [0.4, 0.5) is 0 Å². The van der Waals surface area contributed by atoms with E-state index in [2.05, 4.69) is 54.5 Å². The zero-order chi connectivity index (χ0) is 18.2. The van der Waals surface area contributed by atoms with Crippen molar-refractivity contribution in [1.82, 2.24) is 39.3 Å². The second-order valence-electron chi connectivity index (χ2n) is 6.25. The van der Waals surface area contributed by atoms with Gasteiger partial charge in [-0.1, -0.05) is 12.1 Å². The summed E-state index contributed by atoms with van der Waals surface area (Å²) in [6.45, 7) is 1.90. The number of H-pyrrole nitrogens is 1. The third kappa shape index (κ3) is 2.77. The van der Waals surface area contributed by atoms with Gasteiger partial charge in [-0.25, -0.2) is 19.5 Å². The predicted molar refractivity (Wildman–Crippen MR) is 99.5 cm³/mol. The normalized spacial score (nSPS) is 11.3. The van der Waals surface area contributed by atoms with Crippen LogP contribution in [-0.4, -0.2) is 39.3 Å². The van der Waals surface area contributed by atoms with E-state index in [4.69, 9.17) is 0 Å². The summed E-state index contributed by atoms with van der Waals surface area (Å²) < 4.78 is 3.78. The molecule has 27 heavy (non-hydrogen) atoms. The third-order valence-electron chi connectivity index (χ3n) is 4.38. The first-order chi connectivity index (χ1) is 13.3. The Morgan fingerprint density at radius 2 is 1.93 bits per heavy atom. The van der Waals surface area contributed by atoms with E-state index in [1.165, 1.54) is 0 Å². The maximum absolute atomic E-state index is 4.52. The van der Waals surface area contributed by atoms with E-state index in [1.54, 1.807) is 23.1 Å². The number of benzene rings is 1. The van der Waals surface area contributed by atoms with Crippen LogP contribution in [0.3, 0.4) is 0 Å². The maximum Gasteiger partial charge on any atom is 0.165 e. The van der Waals surface area contributed by atoms with Crippen LogP contribution in [0.15, 0.2) is 61.3 Å². The highest BCUT2D eigenvalue weighted by Gasteiger charge is 2.14. The molecule has 1 aromatic carbocycles. The molecule has 0 radical (unpaired) electrons. The summed E-state index contributed by atoms with van der Waals surface area (Å²) in [5, 5.41) is 11.4. The third-order valence-corrected chi connectivity index (χ3v) is 4.38. The summed E-state index contributed by atoms with van der Waals surface area (Å²) in [6.07, 6.45) is 9.84. The Labute approximate surface area is 154 Å². The Balaban J connectivity index is 1.48. The molecular weight excluding hydrogens is 340 g/mol. The Morgan fingerprint density at radius 1 is 1.04 bits per heavy atom. The van der Waals surface area contributed by atoms with Crippen molar-refractivity contribution in [2.24, 2.45) is 0 Å². The highest BCUT2D eigenvalue weighted by molar-refractivity contribution is 5.73. The average Bonchev–Trinajstić information content (AvgIpc) is 3.41. The van der Waals surface area contributed by atoms with E-state index < -0.39 is 0 Å². The molecule has 5 aromatic rings. The number of aromatic amines is 1. The molecule has 5 rings (SSSR count). The van der Waals surface area contributed by atoms with Crippen LogP contribution >= 0.6 is 0 Å². The van der Waals surface area contributed by atoms with Crippen molar-refractivity contribution in [1.29, 1.82) is 0 Å². The number of imidazole rings is 1. The van der Waals surface area contributed by atoms with Crippen LogP contribution in [0, 0.1) is 6.92 Å². The number of rotatable bonds is 4. The minimum absolute atomic E-state index is 0.694. The van der Waals surface area contributed by atoms with Crippen LogP contribution in [0.1, 0.15) is 17.2 Å². The van der Waals surface area contributed by atoms with Gasteiger partial charge in [-0.2, -0.15) is 10.2 Å². The van der Waals surface area contributed by atoms with E-state index in [9.17, 15) is 0 Å². The van der Waals surface area contributed by atoms with Crippen molar-refractivity contribution >= 4 is 5.65 Å². The molecule has 0 saturated carbocycles. The molecule has 0 atom stereocenters. The summed E-state index contributed by atoms with van der Waals surface area (Å²) in [5.41, 5.74) is 3.84. The highest BCUT2D eigenvalue weighted by atomic mass is 15.2. The lowest BCUT2D eigenvalue weighted by Gasteiger charge is -2.08. The lowest BCUT2D eigenvalue weighted by Crippen LogP contribution is -1.98. The first kappa shape index (κ1) is 15.4. The molecule has 0 bridgehead atoms. The highest BCUT2D eigenvalue weighted by Crippen LogP contribution is 2.24. The molecule has 8 heteroatoms. The van der Waals surface area contributed by atoms with Gasteiger partial charge in [0.05, 0.1) is 11.8 Å². The standard InChI is InChI=1S/C19H16N8/c1-13-23-17(25-24-13)11-14-3-5-15(6-4-14)26-10-8-21-18(26)16-12-22-27-9-2-7-20-19(16)27/h2-10,12H,11H2,1H3,(H,23,24,25). The predicted octanol–water partition coefficient (Wildman–Crippen LogP) is 2.60. The van der Waals surface area contributed by atoms with Gasteiger partial charge in [-0.3, -0.25) is 9.67 Å². The van der Waals surface area contributed by atoms with Crippen LogP contribution < -0.4 is 0 Å². The Kier molecular flexibility index (Phi) is 3.53. The molecule has 4 aromatic heterocycles. The summed E-state index contributed by atoms with van der Waals surface area (Å²) in [4.78, 5) is 13.3. The molecule has 4 heterocycles.